The smallest absolute Gasteiger partial charge is 0.811 e. The Morgan fingerprint density at radius 2 is 0.632 bits per heavy atom. The quantitative estimate of drug-likeness (QED) is 0.186. The van der Waals surface area contributed by atoms with Crippen LogP contribution in [-0.2, 0) is 13.7 Å². The van der Waals surface area contributed by atoms with E-state index in [1.807, 2.05) is 20.8 Å². The van der Waals surface area contributed by atoms with Crippen LogP contribution in [0.5, 0.6) is 0 Å². The van der Waals surface area contributed by atoms with Crippen LogP contribution in [0.25, 0.3) is 0 Å². The fourth-order valence-electron chi connectivity index (χ4n) is 3.70. The molecule has 0 fully saturated rings. The van der Waals surface area contributed by atoms with Crippen LogP contribution in [0.2, 0.25) is 0 Å². The summed E-state index contributed by atoms with van der Waals surface area (Å²) in [7, 11) is -12.8. The van der Waals surface area contributed by atoms with E-state index in [1.54, 1.807) is 0 Å². The summed E-state index contributed by atoms with van der Waals surface area (Å²) >= 11 is 0. The summed E-state index contributed by atoms with van der Waals surface area (Å²) in [5.74, 6) is 0.224. The first kappa shape index (κ1) is 50.8. The molecule has 0 saturated carbocycles. The predicted octanol–water partition coefficient (Wildman–Crippen LogP) is 3.35. The van der Waals surface area contributed by atoms with Gasteiger partial charge in [0.1, 0.15) is 0 Å². The van der Waals surface area contributed by atoms with Gasteiger partial charge in [0.05, 0.1) is 0 Å². The third kappa shape index (κ3) is 43.6. The molecular formula is C24H51Nd2O9P3. The van der Waals surface area contributed by atoms with Crippen LogP contribution >= 0.6 is 22.8 Å². The molecule has 0 N–H and O–H groups in total. The SMILES string of the molecule is CCCCC(CC)CP(=O)([O-])[O-].CCCCC(CC)CP(=O)([O-])[O-].CCCCC(CC)CP(=O)([O-])[O-].[Nd+3].[Nd+3]. The Bertz CT molecular complexity index is 554. The van der Waals surface area contributed by atoms with Crippen molar-refractivity contribution in [3.05, 3.63) is 0 Å². The van der Waals surface area contributed by atoms with Gasteiger partial charge in [-0.2, -0.15) is 0 Å². The second kappa shape index (κ2) is 30.2. The Morgan fingerprint density at radius 1 is 0.447 bits per heavy atom. The van der Waals surface area contributed by atoms with Crippen molar-refractivity contribution >= 4 is 22.8 Å². The molecule has 0 aromatic carbocycles. The Labute approximate surface area is 298 Å². The predicted molar refractivity (Wildman–Crippen MR) is 137 cm³/mol. The van der Waals surface area contributed by atoms with Crippen molar-refractivity contribution in [1.29, 1.82) is 0 Å². The molecular weight excluding hydrogens is 814 g/mol. The van der Waals surface area contributed by atoms with Crippen molar-refractivity contribution in [1.82, 2.24) is 0 Å². The zero-order valence-electron chi connectivity index (χ0n) is 24.4. The minimum Gasteiger partial charge on any atom is -0.811 e. The number of hydrogen-bond acceptors (Lipinski definition) is 9. The van der Waals surface area contributed by atoms with E-state index in [0.717, 1.165) is 77.0 Å². The molecule has 3 atom stereocenters. The van der Waals surface area contributed by atoms with Crippen molar-refractivity contribution in [2.24, 2.45) is 17.8 Å². The molecule has 2 radical (unpaired) electrons. The molecule has 0 aromatic heterocycles. The van der Waals surface area contributed by atoms with Crippen LogP contribution < -0.4 is 29.4 Å². The van der Waals surface area contributed by atoms with E-state index in [0.29, 0.717) is 0 Å². The maximum atomic E-state index is 10.4. The van der Waals surface area contributed by atoms with Crippen molar-refractivity contribution in [2.45, 2.75) is 119 Å². The summed E-state index contributed by atoms with van der Waals surface area (Å²) < 4.78 is 31.3. The van der Waals surface area contributed by atoms with Crippen LogP contribution in [0.1, 0.15) is 119 Å². The molecule has 14 heteroatoms. The van der Waals surface area contributed by atoms with Crippen LogP contribution in [0.4, 0.5) is 0 Å². The molecule has 0 aliphatic rings. The molecule has 0 heterocycles. The van der Waals surface area contributed by atoms with Crippen molar-refractivity contribution in [3.63, 3.8) is 0 Å². The third-order valence-corrected chi connectivity index (χ3v) is 8.97. The minimum absolute atomic E-state index is 0. The second-order valence-electron chi connectivity index (χ2n) is 9.63. The molecule has 0 spiro atoms. The van der Waals surface area contributed by atoms with Gasteiger partial charge in [-0.25, -0.2) is 0 Å². The van der Waals surface area contributed by atoms with Crippen LogP contribution in [-0.4, -0.2) is 18.5 Å². The van der Waals surface area contributed by atoms with Crippen LogP contribution in [0, 0.1) is 99.4 Å². The fraction of sp³-hybridized carbons (Fsp3) is 1.00. The van der Waals surface area contributed by atoms with Crippen LogP contribution in [0.15, 0.2) is 0 Å². The van der Waals surface area contributed by atoms with Gasteiger partial charge in [-0.05, 0) is 36.2 Å². The van der Waals surface area contributed by atoms with Crippen LogP contribution in [0.3, 0.4) is 0 Å². The summed E-state index contributed by atoms with van der Waals surface area (Å²) in [6.07, 6.45) is 10.7. The maximum absolute atomic E-state index is 10.4. The van der Waals surface area contributed by atoms with Gasteiger partial charge in [0.2, 0.25) is 0 Å². The van der Waals surface area contributed by atoms with Gasteiger partial charge >= 0.3 is 81.7 Å². The van der Waals surface area contributed by atoms with Gasteiger partial charge in [-0.3, -0.25) is 0 Å². The standard InChI is InChI=1S/3C8H19O3P.2Nd/c3*1-3-5-6-8(4-2)7-12(9,10)11;;/h3*8H,3-7H2,1-2H3,(H2,9,10,11);;/q;;;2*+3/p-6. The molecule has 224 valence electrons. The molecule has 0 bridgehead atoms. The summed E-state index contributed by atoms with van der Waals surface area (Å²) in [5.41, 5.74) is 0. The Balaban J connectivity index is -0.000000140. The van der Waals surface area contributed by atoms with Crippen molar-refractivity contribution in [3.8, 4) is 0 Å². The zero-order valence-corrected chi connectivity index (χ0v) is 33.5. The van der Waals surface area contributed by atoms with E-state index < -0.39 is 22.8 Å². The molecule has 0 aromatic rings. The van der Waals surface area contributed by atoms with Gasteiger partial charge < -0.3 is 43.1 Å². The van der Waals surface area contributed by atoms with Gasteiger partial charge in [0.25, 0.3) is 0 Å². The average molecular weight is 865 g/mol. The molecule has 0 amide bonds. The minimum atomic E-state index is -4.28. The molecule has 9 nitrogen and oxygen atoms in total. The summed E-state index contributed by atoms with van der Waals surface area (Å²) in [4.78, 5) is 62.6. The monoisotopic (exact) mass is 860 g/mol. The zero-order chi connectivity index (χ0) is 28.8. The van der Waals surface area contributed by atoms with E-state index in [1.165, 1.54) is 0 Å². The Kier molecular flexibility index (Phi) is 40.3. The normalized spacial score (nSPS) is 13.9. The first-order chi connectivity index (χ1) is 16.5. The second-order valence-corrected chi connectivity index (χ2v) is 14.4. The maximum Gasteiger partial charge on any atom is 3.00 e. The van der Waals surface area contributed by atoms with E-state index in [-0.39, 0.29) is 118 Å². The Morgan fingerprint density at radius 3 is 0.737 bits per heavy atom. The van der Waals surface area contributed by atoms with E-state index in [9.17, 15) is 43.1 Å². The molecule has 0 aliphatic carbocycles. The summed E-state index contributed by atoms with van der Waals surface area (Å²) in [5, 5.41) is 0. The largest absolute Gasteiger partial charge is 3.00 e. The van der Waals surface area contributed by atoms with Gasteiger partial charge in [-0.1, -0.05) is 141 Å². The molecule has 0 saturated heterocycles. The summed E-state index contributed by atoms with van der Waals surface area (Å²) in [6.45, 7) is 11.9. The number of rotatable bonds is 18. The fourth-order valence-corrected chi connectivity index (χ4v) is 6.92. The molecule has 0 rings (SSSR count). The first-order valence-electron chi connectivity index (χ1n) is 13.5. The summed E-state index contributed by atoms with van der Waals surface area (Å²) in [6, 6.07) is 0. The molecule has 0 aliphatic heterocycles. The third-order valence-electron chi connectivity index (χ3n) is 6.08. The average Bonchev–Trinajstić information content (AvgIpc) is 2.75. The Hall–Kier alpha value is 3.15. The topological polar surface area (TPSA) is 190 Å². The van der Waals surface area contributed by atoms with Gasteiger partial charge in [-0.15, -0.1) is 0 Å². The van der Waals surface area contributed by atoms with Gasteiger partial charge in [0.15, 0.2) is 0 Å². The molecule has 3 unspecified atom stereocenters. The number of unbranched alkanes of at least 4 members (excludes halogenated alkanes) is 3. The van der Waals surface area contributed by atoms with E-state index in [2.05, 4.69) is 20.8 Å². The van der Waals surface area contributed by atoms with E-state index >= 15 is 0 Å². The van der Waals surface area contributed by atoms with Gasteiger partial charge in [0, 0.05) is 0 Å². The first-order valence-corrected chi connectivity index (χ1v) is 18.7. The van der Waals surface area contributed by atoms with Crippen molar-refractivity contribution < 1.29 is 125 Å². The number of hydrogen-bond donors (Lipinski definition) is 0. The van der Waals surface area contributed by atoms with E-state index in [4.69, 9.17) is 0 Å². The molecule has 38 heavy (non-hydrogen) atoms. The van der Waals surface area contributed by atoms with Crippen molar-refractivity contribution in [2.75, 3.05) is 18.5 Å².